The maximum absolute atomic E-state index is 12.3. The number of ether oxygens (including phenoxy) is 2. The lowest BCUT2D eigenvalue weighted by Gasteiger charge is -2.37. The number of rotatable bonds is 12. The number of aliphatic hydroxyl groups is 1. The van der Waals surface area contributed by atoms with Crippen LogP contribution in [0.3, 0.4) is 0 Å². The molecule has 0 aliphatic carbocycles. The van der Waals surface area contributed by atoms with E-state index in [2.05, 4.69) is 15.1 Å². The van der Waals surface area contributed by atoms with E-state index < -0.39 is 6.09 Å². The van der Waals surface area contributed by atoms with Gasteiger partial charge in [0, 0.05) is 72.8 Å². The van der Waals surface area contributed by atoms with Crippen LogP contribution in [-0.2, 0) is 17.9 Å². The van der Waals surface area contributed by atoms with Crippen LogP contribution in [0, 0.1) is 0 Å². The number of carboxylic acid groups (broad SMARTS) is 1. The Kier molecular flexibility index (Phi) is 11.6. The Hall–Kier alpha value is -5.02. The molecule has 278 valence electrons. The summed E-state index contributed by atoms with van der Waals surface area (Å²) in [6.45, 7) is 3.57. The fourth-order valence-corrected chi connectivity index (χ4v) is 7.22. The van der Waals surface area contributed by atoms with Crippen LogP contribution in [0.5, 0.6) is 11.6 Å². The van der Waals surface area contributed by atoms with Crippen LogP contribution in [0.2, 0.25) is 10.0 Å². The Balaban J connectivity index is 1.30. The molecule has 0 unspecified atom stereocenters. The second-order valence-electron chi connectivity index (χ2n) is 12.8. The summed E-state index contributed by atoms with van der Waals surface area (Å²) < 4.78 is 12.9. The highest BCUT2D eigenvalue weighted by Crippen LogP contribution is 2.42. The number of likely N-dealkylation sites (tertiary alicyclic amines) is 1. The molecule has 5 aromatic rings. The summed E-state index contributed by atoms with van der Waals surface area (Å²) in [4.78, 5) is 43.1. The number of nitrogens with zero attached hydrogens (tertiary/aromatic N) is 8. The summed E-state index contributed by atoms with van der Waals surface area (Å²) >= 11 is 14.2. The number of aromatic nitrogens is 5. The second-order valence-corrected chi connectivity index (χ2v) is 13.5. The van der Waals surface area contributed by atoms with E-state index in [1.165, 1.54) is 18.9 Å². The van der Waals surface area contributed by atoms with Gasteiger partial charge in [0.15, 0.2) is 17.2 Å². The highest BCUT2D eigenvalue weighted by Gasteiger charge is 2.30. The van der Waals surface area contributed by atoms with E-state index in [4.69, 9.17) is 37.7 Å². The lowest BCUT2D eigenvalue weighted by molar-refractivity contribution is -0.130. The van der Waals surface area contributed by atoms with E-state index >= 15 is 0 Å². The van der Waals surface area contributed by atoms with Crippen molar-refractivity contribution in [3.05, 3.63) is 76.3 Å². The third-order valence-corrected chi connectivity index (χ3v) is 10.1. The normalized spacial score (nSPS) is 13.5. The van der Waals surface area contributed by atoms with Gasteiger partial charge in [0.2, 0.25) is 11.8 Å². The molecule has 1 saturated heterocycles. The van der Waals surface area contributed by atoms with Gasteiger partial charge >= 0.3 is 6.09 Å². The number of pyridine rings is 3. The summed E-state index contributed by atoms with van der Waals surface area (Å²) in [6.07, 6.45) is 3.49. The third kappa shape index (κ3) is 8.00. The van der Waals surface area contributed by atoms with E-state index in [0.29, 0.717) is 105 Å². The molecule has 53 heavy (non-hydrogen) atoms. The van der Waals surface area contributed by atoms with Gasteiger partial charge in [-0.3, -0.25) is 14.7 Å². The van der Waals surface area contributed by atoms with Crippen LogP contribution >= 0.6 is 23.2 Å². The molecule has 16 heteroatoms. The van der Waals surface area contributed by atoms with Crippen molar-refractivity contribution in [2.45, 2.75) is 38.9 Å². The predicted octanol–water partition coefficient (Wildman–Crippen LogP) is 5.76. The van der Waals surface area contributed by atoms with Crippen LogP contribution in [0.25, 0.3) is 39.3 Å². The number of carbonyl (C=O) groups is 2. The highest BCUT2D eigenvalue weighted by molar-refractivity contribution is 6.39. The molecule has 0 saturated carbocycles. The van der Waals surface area contributed by atoms with E-state index in [1.807, 2.05) is 30.1 Å². The summed E-state index contributed by atoms with van der Waals surface area (Å²) in [5.74, 6) is 1.32. The van der Waals surface area contributed by atoms with Crippen LogP contribution in [0.15, 0.2) is 54.9 Å². The molecular weight excluding hydrogens is 723 g/mol. The van der Waals surface area contributed by atoms with Crippen LogP contribution < -0.4 is 9.47 Å². The zero-order chi connectivity index (χ0) is 37.8. The molecule has 2 N–H and O–H groups in total. The monoisotopic (exact) mass is 762 g/mol. The van der Waals surface area contributed by atoms with E-state index in [-0.39, 0.29) is 31.0 Å². The van der Waals surface area contributed by atoms with Crippen molar-refractivity contribution in [1.29, 1.82) is 0 Å². The Morgan fingerprint density at radius 1 is 0.981 bits per heavy atom. The molecule has 6 rings (SSSR count). The minimum Gasteiger partial charge on any atom is -0.493 e. The molecule has 0 atom stereocenters. The first-order valence-corrected chi connectivity index (χ1v) is 17.7. The van der Waals surface area contributed by atoms with Crippen molar-refractivity contribution < 1.29 is 29.3 Å². The maximum Gasteiger partial charge on any atom is 0.407 e. The second kappa shape index (κ2) is 16.3. The van der Waals surface area contributed by atoms with E-state index in [0.717, 1.165) is 0 Å². The smallest absolute Gasteiger partial charge is 0.407 e. The molecule has 0 radical (unpaired) electrons. The molecule has 1 aliphatic rings. The summed E-state index contributed by atoms with van der Waals surface area (Å²) in [7, 11) is 4.92. The standard InChI is InChI=1S/C37H40Cl2N8O6/c1-22(49)45-14-11-25(12-15-45)46(37(50)51)19-23-8-9-29(41-36(23)53-4)28-7-5-6-26(32(28)38)27-10-13-40-34(33(27)39)24-18-30(52-3)35-42-31(43-47(35)20-24)21-44(2)16-17-48/h5-10,13,18,20,25,48H,11-12,14-17,19,21H2,1-4H3,(H,50,51). The number of aliphatic hydroxyl groups excluding tert-OH is 1. The number of piperidine rings is 1. The molecule has 2 amide bonds. The first-order valence-electron chi connectivity index (χ1n) is 17.0. The van der Waals surface area contributed by atoms with E-state index in [1.54, 1.807) is 53.2 Å². The van der Waals surface area contributed by atoms with Crippen LogP contribution in [-0.4, -0.2) is 115 Å². The maximum atomic E-state index is 12.3. The molecule has 0 spiro atoms. The van der Waals surface area contributed by atoms with Gasteiger partial charge in [0.25, 0.3) is 0 Å². The van der Waals surface area contributed by atoms with Crippen molar-refractivity contribution in [3.8, 4) is 45.3 Å². The Labute approximate surface area is 316 Å². The molecule has 0 bridgehead atoms. The van der Waals surface area contributed by atoms with Gasteiger partial charge in [-0.25, -0.2) is 19.3 Å². The van der Waals surface area contributed by atoms with Gasteiger partial charge in [-0.05, 0) is 44.2 Å². The van der Waals surface area contributed by atoms with Gasteiger partial charge in [0.05, 0.1) is 55.3 Å². The lowest BCUT2D eigenvalue weighted by Crippen LogP contribution is -2.47. The van der Waals surface area contributed by atoms with Gasteiger partial charge in [-0.15, -0.1) is 5.10 Å². The number of carbonyl (C=O) groups excluding carboxylic acids is 1. The highest BCUT2D eigenvalue weighted by atomic mass is 35.5. The number of hydrogen-bond donors (Lipinski definition) is 2. The molecule has 14 nitrogen and oxygen atoms in total. The fraction of sp³-hybridized carbons (Fsp3) is 0.351. The minimum absolute atomic E-state index is 0.0131. The number of likely N-dealkylation sites (N-methyl/N-ethyl adjacent to an activating group) is 1. The Morgan fingerprint density at radius 2 is 1.72 bits per heavy atom. The molecule has 1 aliphatic heterocycles. The average molecular weight is 764 g/mol. The summed E-state index contributed by atoms with van der Waals surface area (Å²) in [5.41, 5.74) is 4.72. The number of halogens is 2. The topological polar surface area (TPSA) is 159 Å². The summed E-state index contributed by atoms with van der Waals surface area (Å²) in [6, 6.07) is 12.5. The summed E-state index contributed by atoms with van der Waals surface area (Å²) in [5, 5.41) is 24.8. The SMILES string of the molecule is COc1nc(-c2cccc(-c3ccnc(-c4cc(OC)c5nc(CN(C)CCO)nn5c4)c3Cl)c2Cl)ccc1CN(C(=O)O)C1CCN(C(C)=O)CC1. The number of amides is 2. The predicted molar refractivity (Wildman–Crippen MR) is 200 cm³/mol. The largest absolute Gasteiger partial charge is 0.493 e. The minimum atomic E-state index is -1.05. The zero-order valence-electron chi connectivity index (χ0n) is 29.8. The third-order valence-electron chi connectivity index (χ3n) is 9.35. The van der Waals surface area contributed by atoms with Gasteiger partial charge < -0.3 is 29.5 Å². The molecule has 1 aromatic carbocycles. The number of methoxy groups -OCH3 is 2. The average Bonchev–Trinajstić information content (AvgIpc) is 3.56. The molecular formula is C37H40Cl2N8O6. The Bertz CT molecular complexity index is 2140. The fourth-order valence-electron chi connectivity index (χ4n) is 6.57. The molecule has 1 fully saturated rings. The van der Waals surface area contributed by atoms with Crippen molar-refractivity contribution in [2.75, 3.05) is 47.5 Å². The van der Waals surface area contributed by atoms with Gasteiger partial charge in [0.1, 0.15) is 0 Å². The number of hydrogen-bond acceptors (Lipinski definition) is 10. The first-order chi connectivity index (χ1) is 25.5. The molecule has 5 heterocycles. The van der Waals surface area contributed by atoms with Crippen molar-refractivity contribution in [1.82, 2.24) is 39.3 Å². The number of benzene rings is 1. The van der Waals surface area contributed by atoms with Crippen LogP contribution in [0.4, 0.5) is 4.79 Å². The van der Waals surface area contributed by atoms with Gasteiger partial charge in [-0.2, -0.15) is 0 Å². The zero-order valence-corrected chi connectivity index (χ0v) is 31.3. The lowest BCUT2D eigenvalue weighted by atomic mass is 9.99. The number of fused-ring (bicyclic) bond motifs is 1. The van der Waals surface area contributed by atoms with Crippen molar-refractivity contribution >= 4 is 40.8 Å². The van der Waals surface area contributed by atoms with Crippen LogP contribution in [0.1, 0.15) is 31.2 Å². The molecule has 4 aromatic heterocycles. The quantitative estimate of drug-likeness (QED) is 0.159. The van der Waals surface area contributed by atoms with Crippen molar-refractivity contribution in [3.63, 3.8) is 0 Å². The Morgan fingerprint density at radius 3 is 2.40 bits per heavy atom. The van der Waals surface area contributed by atoms with E-state index in [9.17, 15) is 19.8 Å². The first kappa shape index (κ1) is 37.7. The van der Waals surface area contributed by atoms with Gasteiger partial charge in [-0.1, -0.05) is 41.4 Å². The van der Waals surface area contributed by atoms with Crippen molar-refractivity contribution in [2.24, 2.45) is 0 Å².